The smallest absolute Gasteiger partial charge is 0.228 e. The minimum Gasteiger partial charge on any atom is -0.341 e. The van der Waals surface area contributed by atoms with Gasteiger partial charge in [0.1, 0.15) is 0 Å². The first-order chi connectivity index (χ1) is 6.29. The quantitative estimate of drug-likeness (QED) is 0.508. The van der Waals surface area contributed by atoms with E-state index in [0.29, 0.717) is 17.9 Å². The summed E-state index contributed by atoms with van der Waals surface area (Å²) in [6.45, 7) is 0. The number of rotatable bonds is 0. The largest absolute Gasteiger partial charge is 0.341 e. The zero-order valence-corrected chi connectivity index (χ0v) is 7.94. The normalized spacial score (nSPS) is 61.3. The predicted molar refractivity (Wildman–Crippen MR) is 47.9 cm³/mol. The van der Waals surface area contributed by atoms with E-state index in [1.54, 1.807) is 0 Å². The number of fused-ring (bicyclic) bond motifs is 8. The lowest BCUT2D eigenvalue weighted by Crippen LogP contribution is -2.65. The van der Waals surface area contributed by atoms with Gasteiger partial charge in [0.05, 0.1) is 5.92 Å². The molecule has 0 aromatic rings. The van der Waals surface area contributed by atoms with E-state index in [1.165, 1.54) is 19.3 Å². The Bertz CT molecular complexity index is 298. The molecular weight excluding hydrogens is 162 g/mol. The molecule has 6 unspecified atom stereocenters. The SMILES string of the molecule is CN1C(=O)C2C3CC(C4CCC43)C21. The first kappa shape index (κ1) is 6.86. The third-order valence-electron chi connectivity index (χ3n) is 5.38. The molecule has 13 heavy (non-hydrogen) atoms. The molecule has 1 aliphatic heterocycles. The molecule has 0 aromatic heterocycles. The molecule has 1 heterocycles. The monoisotopic (exact) mass is 177 g/mol. The van der Waals surface area contributed by atoms with Gasteiger partial charge in [-0.3, -0.25) is 4.79 Å². The lowest BCUT2D eigenvalue weighted by atomic mass is 9.58. The van der Waals surface area contributed by atoms with Crippen LogP contribution in [0.5, 0.6) is 0 Å². The topological polar surface area (TPSA) is 20.3 Å². The Morgan fingerprint density at radius 3 is 2.54 bits per heavy atom. The highest BCUT2D eigenvalue weighted by Crippen LogP contribution is 2.66. The van der Waals surface area contributed by atoms with Crippen LogP contribution in [0.15, 0.2) is 0 Å². The molecule has 2 bridgehead atoms. The van der Waals surface area contributed by atoms with Crippen LogP contribution in [-0.2, 0) is 4.79 Å². The molecule has 1 saturated heterocycles. The third kappa shape index (κ3) is 0.520. The minimum absolute atomic E-state index is 0.447. The summed E-state index contributed by atoms with van der Waals surface area (Å²) in [6.07, 6.45) is 4.25. The Hall–Kier alpha value is -0.530. The molecule has 4 fully saturated rings. The van der Waals surface area contributed by atoms with Gasteiger partial charge in [0.2, 0.25) is 5.91 Å². The lowest BCUT2D eigenvalue weighted by molar-refractivity contribution is -0.165. The molecule has 6 atom stereocenters. The van der Waals surface area contributed by atoms with E-state index in [0.717, 1.165) is 23.7 Å². The molecule has 0 N–H and O–H groups in total. The number of carbonyl (C=O) groups is 1. The number of hydrogen-bond donors (Lipinski definition) is 0. The summed E-state index contributed by atoms with van der Waals surface area (Å²) in [5.74, 6) is 4.60. The van der Waals surface area contributed by atoms with E-state index in [4.69, 9.17) is 0 Å². The Morgan fingerprint density at radius 2 is 1.85 bits per heavy atom. The molecule has 4 rings (SSSR count). The van der Waals surface area contributed by atoms with Crippen molar-refractivity contribution in [2.45, 2.75) is 25.3 Å². The Morgan fingerprint density at radius 1 is 1.15 bits per heavy atom. The van der Waals surface area contributed by atoms with E-state index in [9.17, 15) is 4.79 Å². The van der Waals surface area contributed by atoms with Crippen molar-refractivity contribution in [1.29, 1.82) is 0 Å². The molecule has 0 aromatic carbocycles. The number of hydrogen-bond acceptors (Lipinski definition) is 1. The highest BCUT2D eigenvalue weighted by atomic mass is 16.2. The van der Waals surface area contributed by atoms with Crippen molar-refractivity contribution in [2.75, 3.05) is 7.05 Å². The molecule has 3 aliphatic carbocycles. The van der Waals surface area contributed by atoms with Gasteiger partial charge in [-0.25, -0.2) is 0 Å². The molecule has 3 saturated carbocycles. The fourth-order valence-corrected chi connectivity index (χ4v) is 4.76. The van der Waals surface area contributed by atoms with Gasteiger partial charge in [-0.2, -0.15) is 0 Å². The summed E-state index contributed by atoms with van der Waals surface area (Å²) in [6, 6.07) is 0.666. The second-order valence-electron chi connectivity index (χ2n) is 5.43. The van der Waals surface area contributed by atoms with Crippen LogP contribution in [0.3, 0.4) is 0 Å². The fraction of sp³-hybridized carbons (Fsp3) is 0.909. The predicted octanol–water partition coefficient (Wildman–Crippen LogP) is 1.12. The maximum absolute atomic E-state index is 11.6. The van der Waals surface area contributed by atoms with E-state index in [2.05, 4.69) is 0 Å². The summed E-state index contributed by atoms with van der Waals surface area (Å²) < 4.78 is 0. The standard InChI is InChI=1S/C11H15NO/c1-12-10-8-4-7(9(10)11(12)13)5-2-3-6(5)8/h5-10H,2-4H2,1H3. The van der Waals surface area contributed by atoms with E-state index in [-0.39, 0.29) is 0 Å². The number of β-lactam (4-membered cyclic amide) rings is 1. The van der Waals surface area contributed by atoms with Crippen LogP contribution in [-0.4, -0.2) is 23.9 Å². The zero-order valence-electron chi connectivity index (χ0n) is 7.94. The molecular formula is C11H15NO. The van der Waals surface area contributed by atoms with Crippen LogP contribution in [0, 0.1) is 29.6 Å². The van der Waals surface area contributed by atoms with Crippen molar-refractivity contribution in [2.24, 2.45) is 29.6 Å². The average Bonchev–Trinajstić information content (AvgIpc) is 2.49. The Balaban J connectivity index is 1.75. The van der Waals surface area contributed by atoms with Crippen LogP contribution in [0.1, 0.15) is 19.3 Å². The first-order valence-corrected chi connectivity index (χ1v) is 5.55. The second-order valence-corrected chi connectivity index (χ2v) is 5.43. The van der Waals surface area contributed by atoms with Gasteiger partial charge in [0.15, 0.2) is 0 Å². The van der Waals surface area contributed by atoms with Gasteiger partial charge >= 0.3 is 0 Å². The maximum atomic E-state index is 11.6. The summed E-state index contributed by atoms with van der Waals surface area (Å²) >= 11 is 0. The van der Waals surface area contributed by atoms with Gasteiger partial charge in [-0.15, -0.1) is 0 Å². The fourth-order valence-electron chi connectivity index (χ4n) is 4.76. The average molecular weight is 177 g/mol. The van der Waals surface area contributed by atoms with Crippen LogP contribution in [0.25, 0.3) is 0 Å². The summed E-state index contributed by atoms with van der Waals surface area (Å²) in [5.41, 5.74) is 0. The summed E-state index contributed by atoms with van der Waals surface area (Å²) in [4.78, 5) is 13.7. The van der Waals surface area contributed by atoms with Crippen LogP contribution in [0.2, 0.25) is 0 Å². The van der Waals surface area contributed by atoms with Crippen molar-refractivity contribution < 1.29 is 4.79 Å². The van der Waals surface area contributed by atoms with Crippen molar-refractivity contribution in [1.82, 2.24) is 4.90 Å². The second kappa shape index (κ2) is 1.79. The van der Waals surface area contributed by atoms with E-state index < -0.39 is 0 Å². The van der Waals surface area contributed by atoms with Gasteiger partial charge in [0, 0.05) is 13.1 Å². The first-order valence-electron chi connectivity index (χ1n) is 5.55. The van der Waals surface area contributed by atoms with Crippen molar-refractivity contribution >= 4 is 5.91 Å². The maximum Gasteiger partial charge on any atom is 0.228 e. The van der Waals surface area contributed by atoms with Gasteiger partial charge in [-0.05, 0) is 42.9 Å². The summed E-state index contributed by atoms with van der Waals surface area (Å²) in [7, 11) is 2.00. The van der Waals surface area contributed by atoms with Crippen LogP contribution < -0.4 is 0 Å². The Labute approximate surface area is 78.3 Å². The van der Waals surface area contributed by atoms with E-state index in [1.807, 2.05) is 11.9 Å². The molecule has 2 heteroatoms. The highest BCUT2D eigenvalue weighted by molar-refractivity contribution is 5.87. The lowest BCUT2D eigenvalue weighted by Gasteiger charge is -2.55. The highest BCUT2D eigenvalue weighted by Gasteiger charge is 2.68. The Kier molecular flexibility index (Phi) is 0.946. The minimum atomic E-state index is 0.447. The molecule has 70 valence electrons. The number of amides is 1. The molecule has 0 spiro atoms. The molecule has 0 radical (unpaired) electrons. The van der Waals surface area contributed by atoms with Gasteiger partial charge < -0.3 is 4.90 Å². The van der Waals surface area contributed by atoms with Gasteiger partial charge in [0.25, 0.3) is 0 Å². The van der Waals surface area contributed by atoms with Gasteiger partial charge in [-0.1, -0.05) is 0 Å². The summed E-state index contributed by atoms with van der Waals surface area (Å²) in [5, 5.41) is 0. The molecule has 4 aliphatic rings. The molecule has 2 nitrogen and oxygen atoms in total. The number of carbonyl (C=O) groups excluding carboxylic acids is 1. The molecule has 1 amide bonds. The number of nitrogens with zero attached hydrogens (tertiary/aromatic N) is 1. The zero-order chi connectivity index (χ0) is 8.74. The number of likely N-dealkylation sites (tertiary alicyclic amines) is 1. The van der Waals surface area contributed by atoms with E-state index >= 15 is 0 Å². The van der Waals surface area contributed by atoms with Crippen molar-refractivity contribution in [3.05, 3.63) is 0 Å². The van der Waals surface area contributed by atoms with Crippen molar-refractivity contribution in [3.8, 4) is 0 Å². The van der Waals surface area contributed by atoms with Crippen molar-refractivity contribution in [3.63, 3.8) is 0 Å². The third-order valence-corrected chi connectivity index (χ3v) is 5.38. The van der Waals surface area contributed by atoms with Crippen LogP contribution >= 0.6 is 0 Å². The van der Waals surface area contributed by atoms with Crippen LogP contribution in [0.4, 0.5) is 0 Å².